The van der Waals surface area contributed by atoms with Gasteiger partial charge >= 0.3 is 0 Å². The zero-order valence-electron chi connectivity index (χ0n) is 13.3. The molecule has 1 aromatic heterocycles. The summed E-state index contributed by atoms with van der Waals surface area (Å²) in [5, 5.41) is 3.71. The average molecular weight is 364 g/mol. The van der Waals surface area contributed by atoms with Crippen molar-refractivity contribution in [2.75, 3.05) is 18.0 Å². The van der Waals surface area contributed by atoms with Crippen LogP contribution in [-0.2, 0) is 6.54 Å². The predicted octanol–water partition coefficient (Wildman–Crippen LogP) is 4.31. The lowest BCUT2D eigenvalue weighted by atomic mass is 10.1. The van der Waals surface area contributed by atoms with Crippen LogP contribution in [0.1, 0.15) is 35.2 Å². The third kappa shape index (κ3) is 4.19. The van der Waals surface area contributed by atoms with Crippen LogP contribution < -0.4 is 10.2 Å². The van der Waals surface area contributed by atoms with E-state index in [4.69, 9.17) is 23.2 Å². The van der Waals surface area contributed by atoms with Crippen LogP contribution in [0.2, 0.25) is 10.0 Å². The van der Waals surface area contributed by atoms with Crippen molar-refractivity contribution in [1.82, 2.24) is 10.3 Å². The van der Waals surface area contributed by atoms with E-state index in [0.29, 0.717) is 22.2 Å². The number of benzene rings is 1. The standard InChI is InChI=1S/C18H19Cl2N3O/c19-14-5-6-16(20)15(10-14)18(24)22-12-13-4-7-17(21-11-13)23-8-2-1-3-9-23/h4-7,10-11H,1-3,8-9,12H2,(H,22,24). The lowest BCUT2D eigenvalue weighted by Crippen LogP contribution is -2.30. The van der Waals surface area contributed by atoms with Gasteiger partial charge in [0.1, 0.15) is 5.82 Å². The first-order chi connectivity index (χ1) is 11.6. The molecule has 0 unspecified atom stereocenters. The minimum Gasteiger partial charge on any atom is -0.357 e. The molecule has 0 spiro atoms. The first-order valence-corrected chi connectivity index (χ1v) is 8.82. The van der Waals surface area contributed by atoms with Gasteiger partial charge in [-0.05, 0) is 49.1 Å². The Hall–Kier alpha value is -1.78. The van der Waals surface area contributed by atoms with E-state index in [1.165, 1.54) is 19.3 Å². The topological polar surface area (TPSA) is 45.2 Å². The number of aromatic nitrogens is 1. The summed E-state index contributed by atoms with van der Waals surface area (Å²) in [6, 6.07) is 8.85. The van der Waals surface area contributed by atoms with Crippen LogP contribution in [0.4, 0.5) is 5.82 Å². The van der Waals surface area contributed by atoms with Gasteiger partial charge in [0.25, 0.3) is 5.91 Å². The predicted molar refractivity (Wildman–Crippen MR) is 97.9 cm³/mol. The van der Waals surface area contributed by atoms with Gasteiger partial charge in [-0.25, -0.2) is 4.98 Å². The molecule has 4 nitrogen and oxygen atoms in total. The maximum atomic E-state index is 12.2. The highest BCUT2D eigenvalue weighted by Gasteiger charge is 2.13. The summed E-state index contributed by atoms with van der Waals surface area (Å²) >= 11 is 12.0. The summed E-state index contributed by atoms with van der Waals surface area (Å²) in [5.41, 5.74) is 1.32. The molecule has 0 bridgehead atoms. The molecule has 3 rings (SSSR count). The van der Waals surface area contributed by atoms with E-state index in [9.17, 15) is 4.79 Å². The number of hydrogen-bond donors (Lipinski definition) is 1. The monoisotopic (exact) mass is 363 g/mol. The number of carbonyl (C=O) groups is 1. The summed E-state index contributed by atoms with van der Waals surface area (Å²) in [4.78, 5) is 19.0. The Labute approximate surface area is 151 Å². The van der Waals surface area contributed by atoms with Crippen molar-refractivity contribution < 1.29 is 4.79 Å². The fourth-order valence-corrected chi connectivity index (χ4v) is 3.16. The summed E-state index contributed by atoms with van der Waals surface area (Å²) in [5.74, 6) is 0.755. The summed E-state index contributed by atoms with van der Waals surface area (Å²) < 4.78 is 0. The Morgan fingerprint density at radius 1 is 1.12 bits per heavy atom. The fourth-order valence-electron chi connectivity index (χ4n) is 2.78. The molecule has 1 fully saturated rings. The molecule has 0 aliphatic carbocycles. The minimum absolute atomic E-state index is 0.248. The van der Waals surface area contributed by atoms with Crippen molar-refractivity contribution in [3.8, 4) is 0 Å². The van der Waals surface area contributed by atoms with Gasteiger partial charge < -0.3 is 10.2 Å². The third-order valence-electron chi connectivity index (χ3n) is 4.12. The number of rotatable bonds is 4. The molecule has 2 heterocycles. The number of nitrogens with one attached hydrogen (secondary N) is 1. The molecule has 1 aromatic carbocycles. The van der Waals surface area contributed by atoms with E-state index in [-0.39, 0.29) is 5.91 Å². The Bertz CT molecular complexity index is 713. The van der Waals surface area contributed by atoms with Gasteiger partial charge in [0, 0.05) is 30.9 Å². The Kier molecular flexibility index (Phi) is 5.59. The first kappa shape index (κ1) is 17.1. The third-order valence-corrected chi connectivity index (χ3v) is 4.68. The molecule has 1 amide bonds. The van der Waals surface area contributed by atoms with Gasteiger partial charge in [0.05, 0.1) is 10.6 Å². The molecule has 126 valence electrons. The summed E-state index contributed by atoms with van der Waals surface area (Å²) in [6.45, 7) is 2.53. The molecular weight excluding hydrogens is 345 g/mol. The molecule has 0 saturated carbocycles. The fraction of sp³-hybridized carbons (Fsp3) is 0.333. The van der Waals surface area contributed by atoms with Crippen LogP contribution in [0.15, 0.2) is 36.5 Å². The molecule has 1 aliphatic rings. The van der Waals surface area contributed by atoms with Crippen LogP contribution in [0.5, 0.6) is 0 Å². The van der Waals surface area contributed by atoms with Crippen LogP contribution in [0, 0.1) is 0 Å². The smallest absolute Gasteiger partial charge is 0.253 e. The van der Waals surface area contributed by atoms with E-state index in [1.54, 1.807) is 18.2 Å². The number of amides is 1. The van der Waals surface area contributed by atoms with Gasteiger partial charge in [0.2, 0.25) is 0 Å². The minimum atomic E-state index is -0.248. The number of nitrogens with zero attached hydrogens (tertiary/aromatic N) is 2. The summed E-state index contributed by atoms with van der Waals surface area (Å²) in [6.07, 6.45) is 5.55. The highest BCUT2D eigenvalue weighted by atomic mass is 35.5. The second-order valence-electron chi connectivity index (χ2n) is 5.88. The maximum absolute atomic E-state index is 12.2. The Morgan fingerprint density at radius 3 is 2.62 bits per heavy atom. The van der Waals surface area contributed by atoms with Crippen molar-refractivity contribution in [3.63, 3.8) is 0 Å². The van der Waals surface area contributed by atoms with Crippen LogP contribution in [0.25, 0.3) is 0 Å². The van der Waals surface area contributed by atoms with E-state index >= 15 is 0 Å². The molecular formula is C18H19Cl2N3O. The number of anilines is 1. The lowest BCUT2D eigenvalue weighted by molar-refractivity contribution is 0.0951. The largest absolute Gasteiger partial charge is 0.357 e. The first-order valence-electron chi connectivity index (χ1n) is 8.06. The van der Waals surface area contributed by atoms with Crippen molar-refractivity contribution >= 4 is 34.9 Å². The van der Waals surface area contributed by atoms with Gasteiger partial charge in [-0.1, -0.05) is 29.3 Å². The van der Waals surface area contributed by atoms with Crippen LogP contribution in [0.3, 0.4) is 0 Å². The number of halogens is 2. The highest BCUT2D eigenvalue weighted by molar-refractivity contribution is 6.35. The molecule has 1 saturated heterocycles. The molecule has 2 aromatic rings. The van der Waals surface area contributed by atoms with Gasteiger partial charge in [-0.15, -0.1) is 0 Å². The van der Waals surface area contributed by atoms with Crippen molar-refractivity contribution in [2.24, 2.45) is 0 Å². The number of carbonyl (C=O) groups excluding carboxylic acids is 1. The molecule has 0 atom stereocenters. The quantitative estimate of drug-likeness (QED) is 0.879. The van der Waals surface area contributed by atoms with E-state index in [1.807, 2.05) is 18.3 Å². The molecule has 24 heavy (non-hydrogen) atoms. The second kappa shape index (κ2) is 7.86. The lowest BCUT2D eigenvalue weighted by Gasteiger charge is -2.27. The van der Waals surface area contributed by atoms with Crippen molar-refractivity contribution in [2.45, 2.75) is 25.8 Å². The number of pyridine rings is 1. The average Bonchev–Trinajstić information content (AvgIpc) is 2.63. The van der Waals surface area contributed by atoms with E-state index in [2.05, 4.69) is 15.2 Å². The SMILES string of the molecule is O=C(NCc1ccc(N2CCCCC2)nc1)c1cc(Cl)ccc1Cl. The summed E-state index contributed by atoms with van der Waals surface area (Å²) in [7, 11) is 0. The second-order valence-corrected chi connectivity index (χ2v) is 6.72. The van der Waals surface area contributed by atoms with Crippen LogP contribution >= 0.6 is 23.2 Å². The van der Waals surface area contributed by atoms with Crippen molar-refractivity contribution in [1.29, 1.82) is 0 Å². The van der Waals surface area contributed by atoms with Gasteiger partial charge in [-0.3, -0.25) is 4.79 Å². The van der Waals surface area contributed by atoms with E-state index in [0.717, 1.165) is 24.5 Å². The van der Waals surface area contributed by atoms with Gasteiger partial charge in [0.15, 0.2) is 0 Å². The molecule has 1 N–H and O–H groups in total. The molecule has 0 radical (unpaired) electrons. The Morgan fingerprint density at radius 2 is 1.92 bits per heavy atom. The van der Waals surface area contributed by atoms with E-state index < -0.39 is 0 Å². The maximum Gasteiger partial charge on any atom is 0.253 e. The normalized spacial score (nSPS) is 14.5. The van der Waals surface area contributed by atoms with Gasteiger partial charge in [-0.2, -0.15) is 0 Å². The number of piperidine rings is 1. The number of hydrogen-bond acceptors (Lipinski definition) is 3. The van der Waals surface area contributed by atoms with Crippen LogP contribution in [-0.4, -0.2) is 24.0 Å². The zero-order valence-corrected chi connectivity index (χ0v) is 14.8. The highest BCUT2D eigenvalue weighted by Crippen LogP contribution is 2.21. The zero-order chi connectivity index (χ0) is 16.9. The van der Waals surface area contributed by atoms with Crippen molar-refractivity contribution in [3.05, 3.63) is 57.7 Å². The molecule has 1 aliphatic heterocycles. The Balaban J connectivity index is 1.60. The molecule has 6 heteroatoms.